The van der Waals surface area contributed by atoms with Gasteiger partial charge in [0.2, 0.25) is 11.8 Å². The number of carbonyl (C=O) groups is 2. The van der Waals surface area contributed by atoms with Crippen LogP contribution in [0.25, 0.3) is 0 Å². The molecule has 0 radical (unpaired) electrons. The molecule has 7 heteroatoms. The Morgan fingerprint density at radius 1 is 1.20 bits per heavy atom. The molecule has 1 N–H and O–H groups in total. The number of amidine groups is 1. The minimum atomic E-state index is -0.467. The summed E-state index contributed by atoms with van der Waals surface area (Å²) in [4.78, 5) is 32.2. The molecule has 30 heavy (non-hydrogen) atoms. The summed E-state index contributed by atoms with van der Waals surface area (Å²) in [6.07, 6.45) is 2.06. The molecule has 1 atom stereocenters. The fraction of sp³-hybridized carbons (Fsp3) is 0.348. The molecule has 1 heterocycles. The van der Waals surface area contributed by atoms with E-state index >= 15 is 0 Å². The van der Waals surface area contributed by atoms with Crippen LogP contribution in [0, 0.1) is 13.8 Å². The Hall–Kier alpha value is -2.80. The van der Waals surface area contributed by atoms with Crippen molar-refractivity contribution in [2.24, 2.45) is 4.99 Å². The van der Waals surface area contributed by atoms with Crippen molar-refractivity contribution in [1.29, 1.82) is 0 Å². The van der Waals surface area contributed by atoms with Crippen molar-refractivity contribution in [2.45, 2.75) is 44.4 Å². The van der Waals surface area contributed by atoms with Gasteiger partial charge in [-0.1, -0.05) is 30.0 Å². The predicted octanol–water partition coefficient (Wildman–Crippen LogP) is 4.43. The van der Waals surface area contributed by atoms with Gasteiger partial charge in [0, 0.05) is 12.5 Å². The predicted molar refractivity (Wildman–Crippen MR) is 120 cm³/mol. The number of aliphatic imine (C=N–C) groups is 1. The number of aryl methyl sites for hydroxylation is 2. The Kier molecular flexibility index (Phi) is 5.81. The van der Waals surface area contributed by atoms with Crippen LogP contribution in [0.1, 0.15) is 30.4 Å². The van der Waals surface area contributed by atoms with Crippen LogP contribution in [0.5, 0.6) is 5.75 Å². The number of nitrogens with zero attached hydrogens (tertiary/aromatic N) is 2. The van der Waals surface area contributed by atoms with Gasteiger partial charge in [-0.25, -0.2) is 4.99 Å². The van der Waals surface area contributed by atoms with E-state index in [0.717, 1.165) is 24.1 Å². The summed E-state index contributed by atoms with van der Waals surface area (Å²) in [6.45, 7) is 4.11. The zero-order valence-electron chi connectivity index (χ0n) is 17.3. The fourth-order valence-electron chi connectivity index (χ4n) is 3.38. The van der Waals surface area contributed by atoms with Gasteiger partial charge < -0.3 is 10.1 Å². The van der Waals surface area contributed by atoms with E-state index in [0.29, 0.717) is 16.6 Å². The lowest BCUT2D eigenvalue weighted by Crippen LogP contribution is -2.35. The maximum Gasteiger partial charge on any atom is 0.242 e. The average molecular weight is 424 g/mol. The number of carbonyl (C=O) groups excluding carboxylic acids is 2. The van der Waals surface area contributed by atoms with Crippen molar-refractivity contribution in [2.75, 3.05) is 12.4 Å². The smallest absolute Gasteiger partial charge is 0.242 e. The number of anilines is 1. The Morgan fingerprint density at radius 2 is 1.97 bits per heavy atom. The maximum absolute atomic E-state index is 13.0. The molecule has 2 aliphatic rings. The second-order valence-electron chi connectivity index (χ2n) is 7.66. The van der Waals surface area contributed by atoms with E-state index in [-0.39, 0.29) is 24.3 Å². The molecular weight excluding hydrogens is 398 g/mol. The number of amides is 2. The van der Waals surface area contributed by atoms with Crippen LogP contribution in [0.2, 0.25) is 0 Å². The highest BCUT2D eigenvalue weighted by molar-refractivity contribution is 8.15. The molecule has 1 saturated carbocycles. The standard InChI is InChI=1S/C23H25N3O3S/c1-14-8-9-16(12-15(14)2)24-23-26(17-10-11-17)22(28)20(30-23)13-21(27)25-18-6-4-5-7-19(18)29-3/h4-9,12,17,20H,10-11,13H2,1-3H3,(H,25,27)/t20-/m1/s1. The summed E-state index contributed by atoms with van der Waals surface area (Å²) in [5, 5.41) is 3.09. The van der Waals surface area contributed by atoms with E-state index < -0.39 is 5.25 Å². The third-order valence-corrected chi connectivity index (χ3v) is 6.50. The second kappa shape index (κ2) is 8.52. The van der Waals surface area contributed by atoms with Gasteiger partial charge in [-0.15, -0.1) is 0 Å². The summed E-state index contributed by atoms with van der Waals surface area (Å²) >= 11 is 1.38. The van der Waals surface area contributed by atoms with Crippen LogP contribution < -0.4 is 10.1 Å². The normalized spacial score (nSPS) is 20.0. The van der Waals surface area contributed by atoms with Gasteiger partial charge in [0.05, 0.1) is 18.5 Å². The Labute approximate surface area is 180 Å². The number of para-hydroxylation sites is 2. The Morgan fingerprint density at radius 3 is 2.67 bits per heavy atom. The zero-order valence-corrected chi connectivity index (χ0v) is 18.2. The van der Waals surface area contributed by atoms with Crippen LogP contribution in [0.3, 0.4) is 0 Å². The SMILES string of the molecule is COc1ccccc1NC(=O)C[C@H]1SC(=Nc2ccc(C)c(C)c2)N(C2CC2)C1=O. The number of hydrogen-bond donors (Lipinski definition) is 1. The van der Waals surface area contributed by atoms with Crippen LogP contribution in [0.4, 0.5) is 11.4 Å². The molecule has 4 rings (SSSR count). The van der Waals surface area contributed by atoms with Crippen molar-refractivity contribution in [1.82, 2.24) is 4.90 Å². The lowest BCUT2D eigenvalue weighted by molar-refractivity contribution is -0.128. The van der Waals surface area contributed by atoms with Crippen molar-refractivity contribution in [3.8, 4) is 5.75 Å². The van der Waals surface area contributed by atoms with Crippen molar-refractivity contribution in [3.05, 3.63) is 53.6 Å². The fourth-order valence-corrected chi connectivity index (χ4v) is 4.60. The number of methoxy groups -OCH3 is 1. The summed E-state index contributed by atoms with van der Waals surface area (Å²) in [7, 11) is 1.56. The van der Waals surface area contributed by atoms with E-state index in [1.54, 1.807) is 24.1 Å². The quantitative estimate of drug-likeness (QED) is 0.746. The average Bonchev–Trinajstić information content (AvgIpc) is 3.51. The molecule has 2 aromatic carbocycles. The summed E-state index contributed by atoms with van der Waals surface area (Å²) in [5.74, 6) is 0.349. The van der Waals surface area contributed by atoms with Crippen LogP contribution in [0.15, 0.2) is 47.5 Å². The summed E-state index contributed by atoms with van der Waals surface area (Å²) < 4.78 is 5.28. The molecule has 6 nitrogen and oxygen atoms in total. The molecule has 156 valence electrons. The zero-order chi connectivity index (χ0) is 21.3. The number of thioether (sulfide) groups is 1. The molecule has 0 spiro atoms. The van der Waals surface area contributed by atoms with Crippen LogP contribution in [-0.4, -0.2) is 40.3 Å². The van der Waals surface area contributed by atoms with Gasteiger partial charge in [-0.3, -0.25) is 14.5 Å². The molecule has 1 aliphatic heterocycles. The number of rotatable bonds is 6. The van der Waals surface area contributed by atoms with E-state index in [2.05, 4.69) is 19.2 Å². The highest BCUT2D eigenvalue weighted by atomic mass is 32.2. The third kappa shape index (κ3) is 4.36. The number of hydrogen-bond acceptors (Lipinski definition) is 5. The highest BCUT2D eigenvalue weighted by Gasteiger charge is 2.46. The van der Waals surface area contributed by atoms with Crippen molar-refractivity contribution >= 4 is 40.1 Å². The highest BCUT2D eigenvalue weighted by Crippen LogP contribution is 2.39. The number of benzene rings is 2. The van der Waals surface area contributed by atoms with Crippen molar-refractivity contribution < 1.29 is 14.3 Å². The van der Waals surface area contributed by atoms with Gasteiger partial charge in [0.15, 0.2) is 5.17 Å². The Balaban J connectivity index is 1.50. The lowest BCUT2D eigenvalue weighted by Gasteiger charge is -2.15. The van der Waals surface area contributed by atoms with E-state index in [4.69, 9.17) is 9.73 Å². The second-order valence-corrected chi connectivity index (χ2v) is 8.83. The van der Waals surface area contributed by atoms with Gasteiger partial charge >= 0.3 is 0 Å². The number of nitrogens with one attached hydrogen (secondary N) is 1. The van der Waals surface area contributed by atoms with Gasteiger partial charge in [0.25, 0.3) is 0 Å². The lowest BCUT2D eigenvalue weighted by atomic mass is 10.1. The van der Waals surface area contributed by atoms with Crippen molar-refractivity contribution in [3.63, 3.8) is 0 Å². The molecule has 1 aliphatic carbocycles. The van der Waals surface area contributed by atoms with Gasteiger partial charge in [-0.2, -0.15) is 0 Å². The first-order chi connectivity index (χ1) is 14.5. The molecule has 0 bridgehead atoms. The van der Waals surface area contributed by atoms with E-state index in [1.165, 1.54) is 17.3 Å². The summed E-state index contributed by atoms with van der Waals surface area (Å²) in [6, 6.07) is 13.5. The van der Waals surface area contributed by atoms with Crippen LogP contribution in [-0.2, 0) is 9.59 Å². The van der Waals surface area contributed by atoms with Gasteiger partial charge in [0.1, 0.15) is 11.0 Å². The first kappa shape index (κ1) is 20.5. The number of ether oxygens (including phenoxy) is 1. The molecular formula is C23H25N3O3S. The Bertz CT molecular complexity index is 1020. The monoisotopic (exact) mass is 423 g/mol. The van der Waals surface area contributed by atoms with E-state index in [1.807, 2.05) is 30.3 Å². The molecule has 1 saturated heterocycles. The van der Waals surface area contributed by atoms with Crippen LogP contribution >= 0.6 is 11.8 Å². The molecule has 0 unspecified atom stereocenters. The third-order valence-electron chi connectivity index (χ3n) is 5.35. The van der Waals surface area contributed by atoms with Gasteiger partial charge in [-0.05, 0) is 62.1 Å². The molecule has 0 aromatic heterocycles. The molecule has 2 aromatic rings. The molecule has 2 fully saturated rings. The maximum atomic E-state index is 13.0. The molecule has 2 amide bonds. The largest absolute Gasteiger partial charge is 0.495 e. The first-order valence-electron chi connectivity index (χ1n) is 10.0. The van der Waals surface area contributed by atoms with E-state index in [9.17, 15) is 9.59 Å². The topological polar surface area (TPSA) is 71.0 Å². The summed E-state index contributed by atoms with van der Waals surface area (Å²) in [5.41, 5.74) is 3.80. The minimum absolute atomic E-state index is 0.0275. The first-order valence-corrected chi connectivity index (χ1v) is 10.9. The minimum Gasteiger partial charge on any atom is -0.495 e.